The van der Waals surface area contributed by atoms with Crippen molar-refractivity contribution in [1.29, 1.82) is 0 Å². The van der Waals surface area contributed by atoms with Gasteiger partial charge in [-0.1, -0.05) is 30.3 Å². The fourth-order valence-corrected chi connectivity index (χ4v) is 4.52. The highest BCUT2D eigenvalue weighted by Gasteiger charge is 2.36. The van der Waals surface area contributed by atoms with Gasteiger partial charge in [0.2, 0.25) is 12.7 Å². The van der Waals surface area contributed by atoms with Crippen molar-refractivity contribution < 1.29 is 28.6 Å². The second-order valence-electron chi connectivity index (χ2n) is 7.29. The molecular formula is C24H18N2O6S. The number of thioether (sulfide) groups is 1. The molecule has 33 heavy (non-hydrogen) atoms. The predicted octanol–water partition coefficient (Wildman–Crippen LogP) is 4.25. The second-order valence-corrected chi connectivity index (χ2v) is 8.28. The summed E-state index contributed by atoms with van der Waals surface area (Å²) in [6.07, 6.45) is 1.67. The number of benzene rings is 3. The molecular weight excluding hydrogens is 444 g/mol. The number of carbonyl (C=O) groups excluding carboxylic acids is 3. The average molecular weight is 462 g/mol. The summed E-state index contributed by atoms with van der Waals surface area (Å²) in [7, 11) is 1.60. The highest BCUT2D eigenvalue weighted by atomic mass is 32.2. The van der Waals surface area contributed by atoms with Gasteiger partial charge in [0.25, 0.3) is 11.1 Å². The van der Waals surface area contributed by atoms with Crippen molar-refractivity contribution in [2.45, 2.75) is 0 Å². The molecule has 3 aromatic carbocycles. The minimum Gasteiger partial charge on any atom is -0.496 e. The molecule has 1 N–H and O–H groups in total. The Hall–Kier alpha value is -3.98. The molecule has 9 heteroatoms. The Bertz CT molecular complexity index is 1340. The smallest absolute Gasteiger partial charge is 0.294 e. The first-order valence-corrected chi connectivity index (χ1v) is 10.9. The molecule has 0 spiro atoms. The third-order valence-corrected chi connectivity index (χ3v) is 6.16. The van der Waals surface area contributed by atoms with Gasteiger partial charge in [0.05, 0.1) is 12.0 Å². The maximum absolute atomic E-state index is 12.9. The molecule has 0 atom stereocenters. The van der Waals surface area contributed by atoms with Gasteiger partial charge in [-0.2, -0.15) is 0 Å². The van der Waals surface area contributed by atoms with Crippen LogP contribution in [0.2, 0.25) is 0 Å². The lowest BCUT2D eigenvalue weighted by Crippen LogP contribution is -2.36. The Balaban J connectivity index is 1.33. The van der Waals surface area contributed by atoms with Crippen LogP contribution in [0.3, 0.4) is 0 Å². The Kier molecular flexibility index (Phi) is 5.39. The SMILES string of the molecule is COc1ccc(/C=C2/SC(=O)N(CC(=O)Nc3ccc4c(c3)OCO4)C2=O)c2ccccc12. The number of hydrogen-bond acceptors (Lipinski definition) is 7. The lowest BCUT2D eigenvalue weighted by molar-refractivity contribution is -0.127. The molecule has 2 heterocycles. The minimum atomic E-state index is -0.509. The third kappa shape index (κ3) is 3.98. The maximum Gasteiger partial charge on any atom is 0.294 e. The van der Waals surface area contributed by atoms with E-state index in [-0.39, 0.29) is 18.2 Å². The van der Waals surface area contributed by atoms with E-state index in [0.29, 0.717) is 17.2 Å². The van der Waals surface area contributed by atoms with E-state index < -0.39 is 17.1 Å². The van der Waals surface area contributed by atoms with Gasteiger partial charge >= 0.3 is 0 Å². The molecule has 2 aliphatic rings. The van der Waals surface area contributed by atoms with Crippen LogP contribution in [0.1, 0.15) is 5.56 Å². The second kappa shape index (κ2) is 8.51. The number of nitrogens with zero attached hydrogens (tertiary/aromatic N) is 1. The van der Waals surface area contributed by atoms with Crippen molar-refractivity contribution in [3.05, 3.63) is 65.1 Å². The fourth-order valence-electron chi connectivity index (χ4n) is 3.69. The first-order valence-electron chi connectivity index (χ1n) is 10.0. The monoisotopic (exact) mass is 462 g/mol. The van der Waals surface area contributed by atoms with E-state index in [0.717, 1.165) is 38.7 Å². The highest BCUT2D eigenvalue weighted by Crippen LogP contribution is 2.36. The zero-order valence-electron chi connectivity index (χ0n) is 17.5. The lowest BCUT2D eigenvalue weighted by atomic mass is 10.0. The molecule has 2 aliphatic heterocycles. The van der Waals surface area contributed by atoms with Crippen LogP contribution in [0.25, 0.3) is 16.8 Å². The number of hydrogen-bond donors (Lipinski definition) is 1. The number of methoxy groups -OCH3 is 1. The van der Waals surface area contributed by atoms with Crippen LogP contribution in [-0.2, 0) is 9.59 Å². The molecule has 0 aromatic heterocycles. The molecule has 1 fully saturated rings. The first kappa shape index (κ1) is 20.9. The van der Waals surface area contributed by atoms with Gasteiger partial charge < -0.3 is 19.5 Å². The molecule has 0 radical (unpaired) electrons. The van der Waals surface area contributed by atoms with Gasteiger partial charge in [0.1, 0.15) is 12.3 Å². The molecule has 0 unspecified atom stereocenters. The molecule has 3 aromatic rings. The maximum atomic E-state index is 12.9. The van der Waals surface area contributed by atoms with Gasteiger partial charge in [-0.25, -0.2) is 0 Å². The van der Waals surface area contributed by atoms with Crippen LogP contribution in [0.5, 0.6) is 17.2 Å². The molecule has 0 bridgehead atoms. The van der Waals surface area contributed by atoms with Crippen LogP contribution in [0, 0.1) is 0 Å². The summed E-state index contributed by atoms with van der Waals surface area (Å²) in [5.74, 6) is 0.831. The highest BCUT2D eigenvalue weighted by molar-refractivity contribution is 8.18. The van der Waals surface area contributed by atoms with Gasteiger partial charge in [-0.15, -0.1) is 0 Å². The van der Waals surface area contributed by atoms with Crippen molar-refractivity contribution in [2.24, 2.45) is 0 Å². The Morgan fingerprint density at radius 3 is 2.70 bits per heavy atom. The van der Waals surface area contributed by atoms with E-state index in [1.165, 1.54) is 0 Å². The van der Waals surface area contributed by atoms with E-state index in [1.54, 1.807) is 31.4 Å². The van der Waals surface area contributed by atoms with E-state index in [1.807, 2.05) is 36.4 Å². The van der Waals surface area contributed by atoms with Crippen LogP contribution in [-0.4, -0.2) is 42.4 Å². The van der Waals surface area contributed by atoms with Gasteiger partial charge in [0.15, 0.2) is 11.5 Å². The quantitative estimate of drug-likeness (QED) is 0.567. The number of rotatable bonds is 5. The zero-order valence-corrected chi connectivity index (χ0v) is 18.3. The standard InChI is InChI=1S/C24H18N2O6S/c1-30-18-8-6-14(16-4-2-3-5-17(16)18)10-21-23(28)26(24(29)33-21)12-22(27)25-15-7-9-19-20(11-15)32-13-31-19/h2-11H,12-13H2,1H3,(H,25,27)/b21-10+. The molecule has 1 saturated heterocycles. The van der Waals surface area contributed by atoms with Crippen molar-refractivity contribution >= 4 is 51.4 Å². The molecule has 166 valence electrons. The zero-order chi connectivity index (χ0) is 22.9. The van der Waals surface area contributed by atoms with Crippen molar-refractivity contribution in [1.82, 2.24) is 4.90 Å². The number of imide groups is 1. The van der Waals surface area contributed by atoms with E-state index in [4.69, 9.17) is 14.2 Å². The Labute approximate surface area is 193 Å². The summed E-state index contributed by atoms with van der Waals surface area (Å²) in [6, 6.07) is 16.3. The van der Waals surface area contributed by atoms with Gasteiger partial charge in [-0.05, 0) is 47.0 Å². The van der Waals surface area contributed by atoms with Gasteiger partial charge in [-0.3, -0.25) is 19.3 Å². The number of amides is 3. The Morgan fingerprint density at radius 2 is 1.88 bits per heavy atom. The van der Waals surface area contributed by atoms with Crippen molar-refractivity contribution in [2.75, 3.05) is 25.8 Å². The largest absolute Gasteiger partial charge is 0.496 e. The number of nitrogens with one attached hydrogen (secondary N) is 1. The number of fused-ring (bicyclic) bond motifs is 2. The summed E-state index contributed by atoms with van der Waals surface area (Å²) in [5, 5.41) is 3.97. The van der Waals surface area contributed by atoms with E-state index in [9.17, 15) is 14.4 Å². The fraction of sp³-hybridized carbons (Fsp3) is 0.125. The average Bonchev–Trinajstić information content (AvgIpc) is 3.39. The van der Waals surface area contributed by atoms with Crippen LogP contribution >= 0.6 is 11.8 Å². The van der Waals surface area contributed by atoms with E-state index in [2.05, 4.69) is 5.32 Å². The van der Waals surface area contributed by atoms with E-state index >= 15 is 0 Å². The third-order valence-electron chi connectivity index (χ3n) is 5.26. The molecule has 5 rings (SSSR count). The summed E-state index contributed by atoms with van der Waals surface area (Å²) in [4.78, 5) is 39.1. The van der Waals surface area contributed by atoms with Crippen molar-refractivity contribution in [3.63, 3.8) is 0 Å². The molecule has 0 aliphatic carbocycles. The number of ether oxygens (including phenoxy) is 3. The van der Waals surface area contributed by atoms with Gasteiger partial charge in [0, 0.05) is 17.1 Å². The summed E-state index contributed by atoms with van der Waals surface area (Å²) in [5.41, 5.74) is 1.26. The normalized spacial score (nSPS) is 16.0. The minimum absolute atomic E-state index is 0.124. The topological polar surface area (TPSA) is 94.2 Å². The van der Waals surface area contributed by atoms with Crippen LogP contribution in [0.4, 0.5) is 10.5 Å². The van der Waals surface area contributed by atoms with Crippen LogP contribution < -0.4 is 19.5 Å². The summed E-state index contributed by atoms with van der Waals surface area (Å²) in [6.45, 7) is -0.265. The molecule has 8 nitrogen and oxygen atoms in total. The lowest BCUT2D eigenvalue weighted by Gasteiger charge is -2.12. The van der Waals surface area contributed by atoms with Crippen molar-refractivity contribution in [3.8, 4) is 17.2 Å². The first-order chi connectivity index (χ1) is 16.0. The number of anilines is 1. The molecule has 3 amide bonds. The predicted molar refractivity (Wildman–Crippen MR) is 124 cm³/mol. The van der Waals surface area contributed by atoms with Crippen LogP contribution in [0.15, 0.2) is 59.5 Å². The summed E-state index contributed by atoms with van der Waals surface area (Å²) < 4.78 is 15.9. The molecule has 0 saturated carbocycles. The number of carbonyl (C=O) groups is 3. The summed E-state index contributed by atoms with van der Waals surface area (Å²) >= 11 is 0.810. The Morgan fingerprint density at radius 1 is 1.09 bits per heavy atom.